The first kappa shape index (κ1) is 20.8. The molecule has 2 unspecified atom stereocenters. The molecule has 0 aliphatic rings. The van der Waals surface area contributed by atoms with E-state index in [1.165, 1.54) is 16.9 Å². The highest BCUT2D eigenvalue weighted by Crippen LogP contribution is 2.15. The van der Waals surface area contributed by atoms with E-state index in [0.29, 0.717) is 11.3 Å². The highest BCUT2D eigenvalue weighted by molar-refractivity contribution is 7.12. The van der Waals surface area contributed by atoms with Gasteiger partial charge in [-0.15, -0.1) is 11.3 Å². The number of hydrogen-bond donors (Lipinski definition) is 2. The Morgan fingerprint density at radius 2 is 1.62 bits per heavy atom. The number of carbonyl (C=O) groups is 2. The molecule has 2 N–H and O–H groups in total. The van der Waals surface area contributed by atoms with Gasteiger partial charge in [-0.05, 0) is 41.5 Å². The summed E-state index contributed by atoms with van der Waals surface area (Å²) in [4.78, 5) is 26.2. The Morgan fingerprint density at radius 1 is 0.897 bits per heavy atom. The quantitative estimate of drug-likeness (QED) is 0.577. The fourth-order valence-corrected chi connectivity index (χ4v) is 3.76. The zero-order valence-electron chi connectivity index (χ0n) is 16.7. The van der Waals surface area contributed by atoms with Gasteiger partial charge >= 0.3 is 0 Å². The van der Waals surface area contributed by atoms with Crippen LogP contribution in [0.15, 0.2) is 72.1 Å². The summed E-state index contributed by atoms with van der Waals surface area (Å²) in [7, 11) is 0. The average molecular weight is 407 g/mol. The van der Waals surface area contributed by atoms with Crippen molar-refractivity contribution in [2.24, 2.45) is 0 Å². The maximum absolute atomic E-state index is 13.0. The largest absolute Gasteiger partial charge is 0.348 e. The van der Waals surface area contributed by atoms with Gasteiger partial charge in [0, 0.05) is 6.42 Å². The molecular formula is C24H26N2O2S. The van der Waals surface area contributed by atoms with Crippen molar-refractivity contribution in [1.82, 2.24) is 10.6 Å². The van der Waals surface area contributed by atoms with Gasteiger partial charge in [0.25, 0.3) is 5.91 Å². The van der Waals surface area contributed by atoms with Crippen LogP contribution in [-0.2, 0) is 17.6 Å². The molecule has 0 saturated heterocycles. The first-order chi connectivity index (χ1) is 14.1. The summed E-state index contributed by atoms with van der Waals surface area (Å²) in [5.41, 5.74) is 3.30. The van der Waals surface area contributed by atoms with Crippen molar-refractivity contribution in [2.45, 2.75) is 38.8 Å². The second-order valence-corrected chi connectivity index (χ2v) is 7.97. The monoisotopic (exact) mass is 406 g/mol. The molecular weight excluding hydrogens is 380 g/mol. The third-order valence-corrected chi connectivity index (χ3v) is 5.76. The van der Waals surface area contributed by atoms with E-state index in [2.05, 4.69) is 29.7 Å². The zero-order chi connectivity index (χ0) is 20.6. The normalized spacial score (nSPS) is 12.8. The maximum atomic E-state index is 13.0. The van der Waals surface area contributed by atoms with Crippen molar-refractivity contribution in [2.75, 3.05) is 0 Å². The molecule has 0 spiro atoms. The van der Waals surface area contributed by atoms with Crippen molar-refractivity contribution in [3.05, 3.63) is 93.7 Å². The molecule has 0 aliphatic carbocycles. The minimum absolute atomic E-state index is 0.148. The van der Waals surface area contributed by atoms with Crippen LogP contribution in [0.25, 0.3) is 0 Å². The van der Waals surface area contributed by atoms with Crippen LogP contribution in [0, 0.1) is 0 Å². The Balaban J connectivity index is 1.72. The van der Waals surface area contributed by atoms with Gasteiger partial charge in [0.2, 0.25) is 5.91 Å². The lowest BCUT2D eigenvalue weighted by Crippen LogP contribution is -2.48. The minimum Gasteiger partial charge on any atom is -0.348 e. The van der Waals surface area contributed by atoms with Crippen LogP contribution in [0.1, 0.15) is 46.3 Å². The van der Waals surface area contributed by atoms with Crippen molar-refractivity contribution in [3.8, 4) is 0 Å². The van der Waals surface area contributed by atoms with Gasteiger partial charge in [-0.25, -0.2) is 0 Å². The molecule has 5 heteroatoms. The fraction of sp³-hybridized carbons (Fsp3) is 0.250. The Bertz CT molecular complexity index is 921. The zero-order valence-corrected chi connectivity index (χ0v) is 17.5. The van der Waals surface area contributed by atoms with E-state index in [-0.39, 0.29) is 17.9 Å². The van der Waals surface area contributed by atoms with E-state index in [9.17, 15) is 9.59 Å². The van der Waals surface area contributed by atoms with Crippen molar-refractivity contribution < 1.29 is 9.59 Å². The molecule has 4 nitrogen and oxygen atoms in total. The molecule has 0 aliphatic heterocycles. The van der Waals surface area contributed by atoms with Gasteiger partial charge in [0.05, 0.1) is 10.9 Å². The van der Waals surface area contributed by atoms with Crippen LogP contribution in [0.4, 0.5) is 0 Å². The van der Waals surface area contributed by atoms with Crippen LogP contribution >= 0.6 is 11.3 Å². The molecule has 2 atom stereocenters. The van der Waals surface area contributed by atoms with Crippen LogP contribution in [0.3, 0.4) is 0 Å². The number of rotatable bonds is 8. The lowest BCUT2D eigenvalue weighted by molar-refractivity contribution is -0.123. The summed E-state index contributed by atoms with van der Waals surface area (Å²) in [6.45, 7) is 4.07. The summed E-state index contributed by atoms with van der Waals surface area (Å²) in [6.07, 6.45) is 1.42. The third-order valence-electron chi connectivity index (χ3n) is 4.90. The Hall–Kier alpha value is -2.92. The first-order valence-corrected chi connectivity index (χ1v) is 10.7. The number of carbonyl (C=O) groups excluding carboxylic acids is 2. The summed E-state index contributed by atoms with van der Waals surface area (Å²) in [5, 5.41) is 7.81. The first-order valence-electron chi connectivity index (χ1n) is 9.84. The fourth-order valence-electron chi connectivity index (χ4n) is 3.14. The predicted molar refractivity (Wildman–Crippen MR) is 118 cm³/mol. The number of benzene rings is 2. The number of aryl methyl sites for hydroxylation is 1. The highest BCUT2D eigenvalue weighted by atomic mass is 32.1. The molecule has 3 aromatic rings. The van der Waals surface area contributed by atoms with Crippen LogP contribution in [0.5, 0.6) is 0 Å². The number of hydrogen-bond acceptors (Lipinski definition) is 3. The van der Waals surface area contributed by atoms with E-state index in [1.807, 2.05) is 60.8 Å². The number of nitrogens with one attached hydrogen (secondary N) is 2. The van der Waals surface area contributed by atoms with E-state index >= 15 is 0 Å². The van der Waals surface area contributed by atoms with E-state index in [1.54, 1.807) is 6.07 Å². The van der Waals surface area contributed by atoms with Crippen LogP contribution < -0.4 is 10.6 Å². The smallest absolute Gasteiger partial charge is 0.262 e. The van der Waals surface area contributed by atoms with Gasteiger partial charge < -0.3 is 10.6 Å². The lowest BCUT2D eigenvalue weighted by Gasteiger charge is -2.22. The predicted octanol–water partition coefficient (Wildman–Crippen LogP) is 4.53. The van der Waals surface area contributed by atoms with Crippen molar-refractivity contribution >= 4 is 23.2 Å². The lowest BCUT2D eigenvalue weighted by atomic mass is 10.0. The third kappa shape index (κ3) is 5.78. The standard InChI is InChI=1S/C24H26N2O2S/c1-3-18-11-13-20(14-12-18)17(2)25-23(27)21(16-19-8-5-4-6-9-19)26-24(28)22-10-7-15-29-22/h4-15,17,21H,3,16H2,1-2H3,(H,25,27)(H,26,28). The SMILES string of the molecule is CCc1ccc(C(C)NC(=O)C(Cc2ccccc2)NC(=O)c2cccs2)cc1. The molecule has 3 rings (SSSR count). The second-order valence-electron chi connectivity index (χ2n) is 7.02. The number of thiophene rings is 1. The molecule has 150 valence electrons. The average Bonchev–Trinajstić information content (AvgIpc) is 3.29. The van der Waals surface area contributed by atoms with Gasteiger partial charge in [0.15, 0.2) is 0 Å². The topological polar surface area (TPSA) is 58.2 Å². The molecule has 0 fully saturated rings. The van der Waals surface area contributed by atoms with Gasteiger partial charge in [-0.3, -0.25) is 9.59 Å². The molecule has 29 heavy (non-hydrogen) atoms. The van der Waals surface area contributed by atoms with Crippen LogP contribution in [0.2, 0.25) is 0 Å². The Kier molecular flexibility index (Phi) is 7.19. The summed E-state index contributed by atoms with van der Waals surface area (Å²) in [6, 6.07) is 20.8. The highest BCUT2D eigenvalue weighted by Gasteiger charge is 2.24. The molecule has 0 saturated carbocycles. The van der Waals surface area contributed by atoms with Crippen LogP contribution in [-0.4, -0.2) is 17.9 Å². The number of amides is 2. The summed E-state index contributed by atoms with van der Waals surface area (Å²) >= 11 is 1.36. The van der Waals surface area contributed by atoms with E-state index < -0.39 is 6.04 Å². The van der Waals surface area contributed by atoms with Crippen molar-refractivity contribution in [3.63, 3.8) is 0 Å². The van der Waals surface area contributed by atoms with Gasteiger partial charge in [0.1, 0.15) is 6.04 Å². The second kappa shape index (κ2) is 10.0. The van der Waals surface area contributed by atoms with E-state index in [0.717, 1.165) is 17.5 Å². The van der Waals surface area contributed by atoms with Crippen molar-refractivity contribution in [1.29, 1.82) is 0 Å². The Labute approximate surface area is 176 Å². The Morgan fingerprint density at radius 3 is 2.24 bits per heavy atom. The molecule has 1 heterocycles. The van der Waals surface area contributed by atoms with Gasteiger partial charge in [-0.2, -0.15) is 0 Å². The summed E-state index contributed by atoms with van der Waals surface area (Å²) < 4.78 is 0. The molecule has 1 aromatic heterocycles. The summed E-state index contributed by atoms with van der Waals surface area (Å²) in [5.74, 6) is -0.415. The van der Waals surface area contributed by atoms with E-state index in [4.69, 9.17) is 0 Å². The molecule has 0 radical (unpaired) electrons. The maximum Gasteiger partial charge on any atom is 0.262 e. The van der Waals surface area contributed by atoms with Gasteiger partial charge in [-0.1, -0.05) is 67.6 Å². The molecule has 2 amide bonds. The molecule has 0 bridgehead atoms. The molecule has 2 aromatic carbocycles. The minimum atomic E-state index is -0.649.